The molecule has 2 aromatic carbocycles. The van der Waals surface area contributed by atoms with Gasteiger partial charge in [0.05, 0.1) is 7.11 Å². The number of carbonyl (C=O) groups is 1. The lowest BCUT2D eigenvalue weighted by molar-refractivity contribution is -0.122. The lowest BCUT2D eigenvalue weighted by atomic mass is 9.82. The number of hydrogen-bond acceptors (Lipinski definition) is 6. The zero-order chi connectivity index (χ0) is 22.4. The second kappa shape index (κ2) is 9.25. The summed E-state index contributed by atoms with van der Waals surface area (Å²) in [5, 5.41) is 6.89. The monoisotopic (exact) mass is 423 g/mol. The molecule has 0 spiro atoms. The van der Waals surface area contributed by atoms with E-state index < -0.39 is 11.5 Å². The number of amidine groups is 1. The number of ether oxygens (including phenoxy) is 2. The first kappa shape index (κ1) is 21.8. The zero-order valence-corrected chi connectivity index (χ0v) is 17.1. The van der Waals surface area contributed by atoms with Gasteiger partial charge in [-0.2, -0.15) is 4.39 Å². The Balaban J connectivity index is 0.000000858. The molecule has 31 heavy (non-hydrogen) atoms. The van der Waals surface area contributed by atoms with Gasteiger partial charge in [-0.3, -0.25) is 4.79 Å². The number of nitrogens with two attached hydrogens (primary N) is 1. The SMILES string of the molecule is COc1ccc(C2(c3cccc(-c4ccc(F)nc4)c3)COC(N)=N2)cc1C.O=CO. The number of halogens is 1. The maximum absolute atomic E-state index is 13.2. The highest BCUT2D eigenvalue weighted by molar-refractivity contribution is 5.76. The van der Waals surface area contributed by atoms with Crippen molar-refractivity contribution in [3.63, 3.8) is 0 Å². The summed E-state index contributed by atoms with van der Waals surface area (Å²) >= 11 is 0. The van der Waals surface area contributed by atoms with E-state index in [0.29, 0.717) is 6.61 Å². The smallest absolute Gasteiger partial charge is 0.290 e. The predicted molar refractivity (Wildman–Crippen MR) is 114 cm³/mol. The normalized spacial score (nSPS) is 17.1. The summed E-state index contributed by atoms with van der Waals surface area (Å²) in [6.07, 6.45) is 1.52. The number of aryl methyl sites for hydroxylation is 1. The number of rotatable bonds is 4. The highest BCUT2D eigenvalue weighted by Gasteiger charge is 2.40. The van der Waals surface area contributed by atoms with E-state index in [1.165, 1.54) is 12.3 Å². The molecule has 0 fully saturated rings. The number of benzene rings is 2. The molecule has 1 unspecified atom stereocenters. The molecule has 0 saturated carbocycles. The summed E-state index contributed by atoms with van der Waals surface area (Å²) in [7, 11) is 1.65. The highest BCUT2D eigenvalue weighted by atomic mass is 19.1. The average molecular weight is 423 g/mol. The molecule has 160 valence electrons. The molecule has 2 heterocycles. The van der Waals surface area contributed by atoms with Crippen molar-refractivity contribution in [2.24, 2.45) is 10.7 Å². The summed E-state index contributed by atoms with van der Waals surface area (Å²) in [6, 6.07) is 17.0. The quantitative estimate of drug-likeness (QED) is 0.491. The molecule has 7 nitrogen and oxygen atoms in total. The standard InChI is InChI=1S/C22H20FN3O2.CH2O2/c1-14-10-18(7-8-19(14)27-2)22(13-28-21(24)26-22)17-5-3-4-15(11-17)16-6-9-20(23)25-12-16;2-1-3/h3-12H,13H2,1-2H3,(H2,24,26);1H,(H,2,3). The average Bonchev–Trinajstić information content (AvgIpc) is 3.18. The molecule has 1 aromatic heterocycles. The van der Waals surface area contributed by atoms with E-state index in [0.717, 1.165) is 33.6 Å². The predicted octanol–water partition coefficient (Wildman–Crippen LogP) is 3.49. The molecule has 1 atom stereocenters. The van der Waals surface area contributed by atoms with Gasteiger partial charge >= 0.3 is 0 Å². The van der Waals surface area contributed by atoms with E-state index in [4.69, 9.17) is 25.1 Å². The molecule has 0 amide bonds. The van der Waals surface area contributed by atoms with Gasteiger partial charge in [0.25, 0.3) is 12.5 Å². The first-order chi connectivity index (χ1) is 14.9. The largest absolute Gasteiger partial charge is 0.496 e. The Morgan fingerprint density at radius 2 is 1.90 bits per heavy atom. The number of methoxy groups -OCH3 is 1. The molecule has 3 aromatic rings. The minimum atomic E-state index is -0.759. The maximum atomic E-state index is 13.2. The van der Waals surface area contributed by atoms with Crippen molar-refractivity contribution in [3.8, 4) is 16.9 Å². The van der Waals surface area contributed by atoms with Crippen LogP contribution in [0.25, 0.3) is 11.1 Å². The fourth-order valence-corrected chi connectivity index (χ4v) is 3.53. The Bertz CT molecular complexity index is 1100. The fraction of sp³-hybridized carbons (Fsp3) is 0.174. The number of hydrogen-bond donors (Lipinski definition) is 2. The molecule has 0 saturated heterocycles. The van der Waals surface area contributed by atoms with E-state index in [9.17, 15) is 4.39 Å². The van der Waals surface area contributed by atoms with Crippen LogP contribution in [-0.2, 0) is 15.1 Å². The third kappa shape index (κ3) is 4.48. The third-order valence-electron chi connectivity index (χ3n) is 5.00. The van der Waals surface area contributed by atoms with Crippen LogP contribution in [0.5, 0.6) is 5.75 Å². The van der Waals surface area contributed by atoms with E-state index in [2.05, 4.69) is 9.98 Å². The van der Waals surface area contributed by atoms with Crippen molar-refractivity contribution in [2.45, 2.75) is 12.5 Å². The zero-order valence-electron chi connectivity index (χ0n) is 17.1. The van der Waals surface area contributed by atoms with Gasteiger partial charge in [-0.25, -0.2) is 9.98 Å². The van der Waals surface area contributed by atoms with Crippen LogP contribution in [0.2, 0.25) is 0 Å². The van der Waals surface area contributed by atoms with Crippen LogP contribution < -0.4 is 10.5 Å². The van der Waals surface area contributed by atoms with Gasteiger partial charge in [-0.15, -0.1) is 0 Å². The Morgan fingerprint density at radius 1 is 1.16 bits per heavy atom. The second-order valence-electron chi connectivity index (χ2n) is 6.84. The van der Waals surface area contributed by atoms with Crippen molar-refractivity contribution in [2.75, 3.05) is 13.7 Å². The van der Waals surface area contributed by atoms with Crippen LogP contribution in [0, 0.1) is 12.9 Å². The lowest BCUT2D eigenvalue weighted by Gasteiger charge is -2.26. The molecule has 1 aliphatic rings. The summed E-state index contributed by atoms with van der Waals surface area (Å²) in [6.45, 7) is 2.04. The van der Waals surface area contributed by atoms with Crippen LogP contribution in [0.1, 0.15) is 16.7 Å². The van der Waals surface area contributed by atoms with E-state index in [1.807, 2.05) is 49.4 Å². The van der Waals surface area contributed by atoms with Crippen LogP contribution in [0.3, 0.4) is 0 Å². The minimum Gasteiger partial charge on any atom is -0.496 e. The van der Waals surface area contributed by atoms with Crippen LogP contribution >= 0.6 is 0 Å². The van der Waals surface area contributed by atoms with Crippen molar-refractivity contribution < 1.29 is 23.8 Å². The molecule has 3 N–H and O–H groups in total. The topological polar surface area (TPSA) is 107 Å². The molecule has 8 heteroatoms. The van der Waals surface area contributed by atoms with E-state index in [1.54, 1.807) is 13.2 Å². The summed E-state index contributed by atoms with van der Waals surface area (Å²) in [5.74, 6) is 0.299. The minimum absolute atomic E-state index is 0.155. The van der Waals surface area contributed by atoms with Crippen molar-refractivity contribution >= 4 is 12.5 Å². The van der Waals surface area contributed by atoms with E-state index >= 15 is 0 Å². The first-order valence-electron chi connectivity index (χ1n) is 9.37. The van der Waals surface area contributed by atoms with Gasteiger partial charge in [-0.05, 0) is 59.5 Å². The Labute approximate surface area is 179 Å². The van der Waals surface area contributed by atoms with Crippen molar-refractivity contribution in [1.29, 1.82) is 0 Å². The Hall–Kier alpha value is -3.94. The molecule has 0 aliphatic carbocycles. The van der Waals surface area contributed by atoms with Crippen LogP contribution in [0.4, 0.5) is 4.39 Å². The lowest BCUT2D eigenvalue weighted by Crippen LogP contribution is -2.27. The van der Waals surface area contributed by atoms with Crippen molar-refractivity contribution in [1.82, 2.24) is 4.98 Å². The number of aliphatic imine (C=N–C) groups is 1. The maximum Gasteiger partial charge on any atom is 0.290 e. The second-order valence-corrected chi connectivity index (χ2v) is 6.84. The molecule has 4 rings (SSSR count). The third-order valence-corrected chi connectivity index (χ3v) is 5.00. The van der Waals surface area contributed by atoms with Gasteiger partial charge in [0.15, 0.2) is 5.54 Å². The molecular weight excluding hydrogens is 401 g/mol. The summed E-state index contributed by atoms with van der Waals surface area (Å²) < 4.78 is 24.1. The van der Waals surface area contributed by atoms with Crippen LogP contribution in [-0.4, -0.2) is 36.3 Å². The van der Waals surface area contributed by atoms with Gasteiger partial charge in [0.1, 0.15) is 12.4 Å². The van der Waals surface area contributed by atoms with Gasteiger partial charge in [0.2, 0.25) is 5.95 Å². The van der Waals surface area contributed by atoms with Gasteiger partial charge in [-0.1, -0.05) is 24.3 Å². The molecule has 0 bridgehead atoms. The Kier molecular flexibility index (Phi) is 6.49. The Morgan fingerprint density at radius 3 is 2.48 bits per heavy atom. The number of aromatic nitrogens is 1. The van der Waals surface area contributed by atoms with Gasteiger partial charge in [0, 0.05) is 11.8 Å². The molecule has 0 radical (unpaired) electrons. The summed E-state index contributed by atoms with van der Waals surface area (Å²) in [5.41, 5.74) is 9.76. The number of pyridine rings is 1. The van der Waals surface area contributed by atoms with E-state index in [-0.39, 0.29) is 12.5 Å². The summed E-state index contributed by atoms with van der Waals surface area (Å²) in [4.78, 5) is 16.8. The fourth-order valence-electron chi connectivity index (χ4n) is 3.53. The first-order valence-corrected chi connectivity index (χ1v) is 9.37. The van der Waals surface area contributed by atoms with Crippen LogP contribution in [0.15, 0.2) is 65.8 Å². The van der Waals surface area contributed by atoms with Crippen molar-refractivity contribution in [3.05, 3.63) is 83.4 Å². The molecular formula is C23H22FN3O4. The number of carboxylic acid groups (broad SMARTS) is 1. The molecule has 1 aliphatic heterocycles. The highest BCUT2D eigenvalue weighted by Crippen LogP contribution is 2.40. The van der Waals surface area contributed by atoms with Gasteiger partial charge < -0.3 is 20.3 Å². The number of nitrogens with zero attached hydrogens (tertiary/aromatic N) is 2.